The number of carbonyl (C=O) groups is 2. The predicted molar refractivity (Wildman–Crippen MR) is 133 cm³/mol. The lowest BCUT2D eigenvalue weighted by Gasteiger charge is -2.42. The van der Waals surface area contributed by atoms with Crippen LogP contribution in [0.5, 0.6) is 5.75 Å². The average Bonchev–Trinajstić information content (AvgIpc) is 3.17. The molecule has 198 valence electrons. The number of sulfonamides is 1. The summed E-state index contributed by atoms with van der Waals surface area (Å²) in [5.74, 6) is -1.77. The van der Waals surface area contributed by atoms with Gasteiger partial charge in [-0.3, -0.25) is 18.7 Å². The number of nitrogens with zero attached hydrogens (tertiary/aromatic N) is 5. The number of ketones is 1. The van der Waals surface area contributed by atoms with E-state index >= 15 is 0 Å². The largest absolute Gasteiger partial charge is 0.493 e. The van der Waals surface area contributed by atoms with E-state index in [1.54, 1.807) is 11.8 Å². The second kappa shape index (κ2) is 9.12. The van der Waals surface area contributed by atoms with E-state index in [2.05, 4.69) is 5.10 Å². The quantitative estimate of drug-likeness (QED) is 0.498. The molecule has 0 saturated carbocycles. The summed E-state index contributed by atoms with van der Waals surface area (Å²) in [4.78, 5) is 43.6. The van der Waals surface area contributed by atoms with Crippen LogP contribution in [0.1, 0.15) is 42.6 Å². The van der Waals surface area contributed by atoms with Crippen molar-refractivity contribution in [3.05, 3.63) is 45.5 Å². The number of fused-ring (bicyclic) bond motifs is 7. The first-order valence-electron chi connectivity index (χ1n) is 12.2. The van der Waals surface area contributed by atoms with Crippen LogP contribution in [0, 0.1) is 5.82 Å². The Kier molecular flexibility index (Phi) is 6.21. The summed E-state index contributed by atoms with van der Waals surface area (Å²) in [6.07, 6.45) is 0.669. The van der Waals surface area contributed by atoms with E-state index < -0.39 is 39.1 Å². The lowest BCUT2D eigenvalue weighted by molar-refractivity contribution is -0.133. The summed E-state index contributed by atoms with van der Waals surface area (Å²) in [7, 11) is -2.57. The first-order chi connectivity index (χ1) is 17.5. The molecule has 5 rings (SSSR count). The summed E-state index contributed by atoms with van der Waals surface area (Å²) in [6, 6.07) is 2.26. The zero-order valence-corrected chi connectivity index (χ0v) is 21.6. The molecule has 1 fully saturated rings. The van der Waals surface area contributed by atoms with Crippen molar-refractivity contribution in [3.8, 4) is 5.75 Å². The van der Waals surface area contributed by atoms with Gasteiger partial charge in [0.1, 0.15) is 22.8 Å². The number of halogens is 1. The molecule has 1 aromatic carbocycles. The highest BCUT2D eigenvalue weighted by atomic mass is 32.2. The third-order valence-corrected chi connectivity index (χ3v) is 8.96. The fourth-order valence-corrected chi connectivity index (χ4v) is 6.41. The van der Waals surface area contributed by atoms with Gasteiger partial charge in [-0.1, -0.05) is 6.07 Å². The summed E-state index contributed by atoms with van der Waals surface area (Å²) in [5.41, 5.74) is -0.521. The Morgan fingerprint density at radius 3 is 2.68 bits per heavy atom. The normalized spacial score (nSPS) is 23.3. The van der Waals surface area contributed by atoms with Gasteiger partial charge >= 0.3 is 0 Å². The minimum atomic E-state index is -3.90. The summed E-state index contributed by atoms with van der Waals surface area (Å²) in [5, 5.41) is 4.41. The number of carbonyl (C=O) groups excluding carboxylic acids is 2. The molecule has 37 heavy (non-hydrogen) atoms. The molecule has 1 saturated heterocycles. The number of amides is 1. The van der Waals surface area contributed by atoms with Gasteiger partial charge in [-0.2, -0.15) is 0 Å². The zero-order chi connectivity index (χ0) is 26.6. The van der Waals surface area contributed by atoms with Gasteiger partial charge in [0.25, 0.3) is 11.5 Å². The van der Waals surface area contributed by atoms with Gasteiger partial charge in [0, 0.05) is 37.8 Å². The zero-order valence-electron chi connectivity index (χ0n) is 20.8. The maximum atomic E-state index is 14.0. The molecule has 2 aromatic rings. The fraction of sp³-hybridized carbons (Fsp3) is 0.500. The van der Waals surface area contributed by atoms with E-state index in [1.807, 2.05) is 6.92 Å². The van der Waals surface area contributed by atoms with Crippen LogP contribution in [0.25, 0.3) is 0 Å². The molecule has 11 nitrogen and oxygen atoms in total. The Bertz CT molecular complexity index is 1460. The third kappa shape index (κ3) is 4.05. The van der Waals surface area contributed by atoms with Crippen LogP contribution < -0.4 is 19.5 Å². The number of hydrogen-bond donors (Lipinski definition) is 0. The molecule has 0 N–H and O–H groups in total. The molecule has 1 amide bonds. The minimum absolute atomic E-state index is 0.0596. The van der Waals surface area contributed by atoms with Crippen LogP contribution in [-0.4, -0.2) is 79.4 Å². The van der Waals surface area contributed by atoms with Crippen molar-refractivity contribution in [2.45, 2.75) is 45.3 Å². The van der Waals surface area contributed by atoms with Gasteiger partial charge in [0.05, 0.1) is 18.9 Å². The standard InChI is InChI=1S/C24H28FN5O6S/c1-4-28-12-14(2)30-19-18(21(31)20(30)24(28)33)23(32)29-13-15-7-8-16(25)11-17(15)36-9-5-6-10-37(34,35)27(3)22(19)26-29/h7-8,11,14,20H,4-6,9-10,12-13H2,1-3H3/t14-,20?/m0/s1. The molecule has 0 aliphatic carbocycles. The van der Waals surface area contributed by atoms with E-state index in [1.165, 1.54) is 30.1 Å². The third-order valence-electron chi connectivity index (χ3n) is 7.15. The minimum Gasteiger partial charge on any atom is -0.493 e. The number of ether oxygens (including phenoxy) is 1. The average molecular weight is 534 g/mol. The van der Waals surface area contributed by atoms with E-state index in [0.717, 1.165) is 8.99 Å². The second-order valence-electron chi connectivity index (χ2n) is 9.50. The summed E-state index contributed by atoms with van der Waals surface area (Å²) in [6.45, 7) is 4.30. The molecular weight excluding hydrogens is 505 g/mol. The maximum absolute atomic E-state index is 14.0. The van der Waals surface area contributed by atoms with Crippen LogP contribution in [0.4, 0.5) is 15.9 Å². The Morgan fingerprint density at radius 2 is 1.95 bits per heavy atom. The van der Waals surface area contributed by atoms with Crippen molar-refractivity contribution < 1.29 is 27.1 Å². The molecule has 2 bridgehead atoms. The van der Waals surface area contributed by atoms with Crippen molar-refractivity contribution >= 4 is 33.2 Å². The molecule has 4 heterocycles. The van der Waals surface area contributed by atoms with Gasteiger partial charge in [0.2, 0.25) is 15.8 Å². The summed E-state index contributed by atoms with van der Waals surface area (Å²) < 4.78 is 48.2. The number of hydrogen-bond acceptors (Lipinski definition) is 8. The van der Waals surface area contributed by atoms with Crippen molar-refractivity contribution in [3.63, 3.8) is 0 Å². The molecular formula is C24H28FN5O6S. The van der Waals surface area contributed by atoms with Gasteiger partial charge in [0.15, 0.2) is 11.9 Å². The van der Waals surface area contributed by atoms with Gasteiger partial charge < -0.3 is 14.5 Å². The van der Waals surface area contributed by atoms with Crippen LogP contribution >= 0.6 is 0 Å². The SMILES string of the molecule is CCN1C[C@H](C)N2c3c4nn(c(=O)c3C(=O)C2C1=O)Cc1ccc(F)cc1OCCCCS(=O)(=O)N4C. The maximum Gasteiger partial charge on any atom is 0.280 e. The van der Waals surface area contributed by atoms with Crippen molar-refractivity contribution in [1.29, 1.82) is 0 Å². The Hall–Kier alpha value is -3.48. The highest BCUT2D eigenvalue weighted by molar-refractivity contribution is 7.92. The number of benzene rings is 1. The van der Waals surface area contributed by atoms with Crippen LogP contribution in [0.15, 0.2) is 23.0 Å². The highest BCUT2D eigenvalue weighted by Crippen LogP contribution is 2.41. The number of anilines is 2. The molecule has 1 unspecified atom stereocenters. The van der Waals surface area contributed by atoms with E-state index in [0.29, 0.717) is 25.1 Å². The molecule has 3 aliphatic heterocycles. The van der Waals surface area contributed by atoms with Crippen molar-refractivity contribution in [2.75, 3.05) is 41.7 Å². The molecule has 2 atom stereocenters. The van der Waals surface area contributed by atoms with Crippen LogP contribution in [0.3, 0.4) is 0 Å². The Balaban J connectivity index is 1.75. The Morgan fingerprint density at radius 1 is 1.19 bits per heavy atom. The van der Waals surface area contributed by atoms with Crippen molar-refractivity contribution in [1.82, 2.24) is 14.7 Å². The molecule has 0 spiro atoms. The number of piperazine rings is 1. The molecule has 1 aromatic heterocycles. The first-order valence-corrected chi connectivity index (χ1v) is 13.8. The van der Waals surface area contributed by atoms with E-state index in [9.17, 15) is 27.2 Å². The number of likely N-dealkylation sites (N-methyl/N-ethyl adjacent to an activating group) is 1. The lowest BCUT2D eigenvalue weighted by atomic mass is 10.0. The van der Waals surface area contributed by atoms with Crippen LogP contribution in [-0.2, 0) is 21.4 Å². The van der Waals surface area contributed by atoms with Gasteiger partial charge in [-0.05, 0) is 32.8 Å². The molecule has 0 radical (unpaired) electrons. The van der Waals surface area contributed by atoms with Gasteiger partial charge in [-0.25, -0.2) is 17.5 Å². The van der Waals surface area contributed by atoms with Crippen molar-refractivity contribution in [2.24, 2.45) is 0 Å². The smallest absolute Gasteiger partial charge is 0.280 e. The van der Waals surface area contributed by atoms with E-state index in [-0.39, 0.29) is 54.2 Å². The van der Waals surface area contributed by atoms with E-state index in [4.69, 9.17) is 4.74 Å². The lowest BCUT2D eigenvalue weighted by Crippen LogP contribution is -2.61. The monoisotopic (exact) mass is 533 g/mol. The highest BCUT2D eigenvalue weighted by Gasteiger charge is 2.53. The Labute approximate surface area is 213 Å². The van der Waals surface area contributed by atoms with Crippen LogP contribution in [0.2, 0.25) is 0 Å². The fourth-order valence-electron chi connectivity index (χ4n) is 5.18. The number of aromatic nitrogens is 2. The predicted octanol–water partition coefficient (Wildman–Crippen LogP) is 0.991. The topological polar surface area (TPSA) is 122 Å². The van der Waals surface area contributed by atoms with Gasteiger partial charge in [-0.15, -0.1) is 5.10 Å². The first kappa shape index (κ1) is 25.2. The number of rotatable bonds is 1. The molecule has 3 aliphatic rings. The summed E-state index contributed by atoms with van der Waals surface area (Å²) >= 11 is 0. The second-order valence-corrected chi connectivity index (χ2v) is 11.6. The number of Topliss-reactive ketones (excluding diaryl/α,β-unsaturated/α-hetero) is 1. The molecule has 13 heteroatoms.